The number of hydrogen-bond acceptors (Lipinski definition) is 4. The summed E-state index contributed by atoms with van der Waals surface area (Å²) in [6.45, 7) is 0.160. The number of carbonyl (C=O) groups excluding carboxylic acids is 1. The molecule has 1 unspecified atom stereocenters. The average Bonchev–Trinajstić information content (AvgIpc) is 2.29. The minimum absolute atomic E-state index is 0.0119. The highest BCUT2D eigenvalue weighted by Crippen LogP contribution is 2.31. The zero-order valence-corrected chi connectivity index (χ0v) is 14.1. The van der Waals surface area contributed by atoms with Crippen molar-refractivity contribution in [2.45, 2.75) is 4.90 Å². The molecule has 0 fully saturated rings. The fourth-order valence-corrected chi connectivity index (χ4v) is 3.56. The van der Waals surface area contributed by atoms with E-state index in [4.69, 9.17) is 33.9 Å². The summed E-state index contributed by atoms with van der Waals surface area (Å²) in [6.07, 6.45) is 1.50. The van der Waals surface area contributed by atoms with Crippen LogP contribution in [0.3, 0.4) is 0 Å². The highest BCUT2D eigenvalue weighted by Gasteiger charge is 2.22. The summed E-state index contributed by atoms with van der Waals surface area (Å²) in [5.74, 6) is -0.352. The van der Waals surface area contributed by atoms with Crippen molar-refractivity contribution in [1.29, 1.82) is 0 Å². The van der Waals surface area contributed by atoms with E-state index in [1.54, 1.807) is 0 Å². The zero-order chi connectivity index (χ0) is 15.5. The van der Waals surface area contributed by atoms with Crippen LogP contribution in [0, 0.1) is 0 Å². The fourth-order valence-electron chi connectivity index (χ4n) is 1.31. The molecule has 0 aliphatic carbocycles. The minimum Gasteiger partial charge on any atom is -0.351 e. The van der Waals surface area contributed by atoms with Crippen LogP contribution in [0.2, 0.25) is 10.0 Å². The molecule has 20 heavy (non-hydrogen) atoms. The second kappa shape index (κ2) is 7.09. The van der Waals surface area contributed by atoms with Crippen LogP contribution in [0.4, 0.5) is 0 Å². The van der Waals surface area contributed by atoms with E-state index < -0.39 is 30.7 Å². The molecule has 0 saturated carbocycles. The summed E-state index contributed by atoms with van der Waals surface area (Å²) in [6, 6.07) is 2.29. The third kappa shape index (κ3) is 4.89. The molecule has 0 saturated heterocycles. The molecule has 1 amide bonds. The lowest BCUT2D eigenvalue weighted by atomic mass is 10.2. The molecule has 5 nitrogen and oxygen atoms in total. The predicted molar refractivity (Wildman–Crippen MR) is 80.8 cm³/mol. The standard InChI is InChI=1S/C10H10Cl3NO4S2/c1-19(16)3-2-14-10(15)7-4-6(11)5-8(9(7)12)20(13,17)18/h4-5H,2-3H2,1H3,(H,14,15). The van der Waals surface area contributed by atoms with Gasteiger partial charge >= 0.3 is 0 Å². The maximum absolute atomic E-state index is 11.9. The second-order valence-electron chi connectivity index (χ2n) is 3.74. The molecule has 0 bridgehead atoms. The maximum atomic E-state index is 11.9. The van der Waals surface area contributed by atoms with Crippen LogP contribution in [-0.4, -0.2) is 37.1 Å². The Bertz CT molecular complexity index is 661. The van der Waals surface area contributed by atoms with Crippen molar-refractivity contribution in [1.82, 2.24) is 5.32 Å². The van der Waals surface area contributed by atoms with Crippen LogP contribution in [-0.2, 0) is 19.9 Å². The summed E-state index contributed by atoms with van der Waals surface area (Å²) in [5, 5.41) is 2.17. The lowest BCUT2D eigenvalue weighted by Gasteiger charge is -2.09. The number of carbonyl (C=O) groups is 1. The van der Waals surface area contributed by atoms with E-state index >= 15 is 0 Å². The minimum atomic E-state index is -4.12. The number of hydrogen-bond donors (Lipinski definition) is 1. The summed E-state index contributed by atoms with van der Waals surface area (Å²) in [7, 11) is 0.0395. The Kier molecular flexibility index (Phi) is 6.27. The molecule has 0 spiro atoms. The Morgan fingerprint density at radius 3 is 2.45 bits per heavy atom. The van der Waals surface area contributed by atoms with Crippen molar-refractivity contribution in [2.75, 3.05) is 18.6 Å². The molecule has 1 rings (SSSR count). The van der Waals surface area contributed by atoms with Crippen LogP contribution >= 0.6 is 33.9 Å². The van der Waals surface area contributed by atoms with Crippen molar-refractivity contribution in [3.8, 4) is 0 Å². The lowest BCUT2D eigenvalue weighted by molar-refractivity contribution is 0.0956. The predicted octanol–water partition coefficient (Wildman–Crippen LogP) is 2.03. The van der Waals surface area contributed by atoms with Crippen molar-refractivity contribution in [3.63, 3.8) is 0 Å². The first-order valence-corrected chi connectivity index (χ1v) is 9.94. The molecule has 112 valence electrons. The largest absolute Gasteiger partial charge is 0.351 e. The lowest BCUT2D eigenvalue weighted by Crippen LogP contribution is -2.28. The van der Waals surface area contributed by atoms with Gasteiger partial charge in [0.15, 0.2) is 0 Å². The number of rotatable bonds is 5. The molecule has 1 N–H and O–H groups in total. The van der Waals surface area contributed by atoms with Gasteiger partial charge in [0.05, 0.1) is 10.6 Å². The monoisotopic (exact) mass is 377 g/mol. The van der Waals surface area contributed by atoms with E-state index in [2.05, 4.69) is 5.32 Å². The third-order valence-corrected chi connectivity index (χ3v) is 5.05. The molecular weight excluding hydrogens is 369 g/mol. The van der Waals surface area contributed by atoms with Gasteiger partial charge in [-0.3, -0.25) is 9.00 Å². The first kappa shape index (κ1) is 17.7. The van der Waals surface area contributed by atoms with E-state index in [0.717, 1.165) is 6.07 Å². The highest BCUT2D eigenvalue weighted by molar-refractivity contribution is 8.13. The molecule has 0 heterocycles. The Morgan fingerprint density at radius 1 is 1.35 bits per heavy atom. The molecule has 0 radical (unpaired) electrons. The normalized spacial score (nSPS) is 13.0. The molecule has 0 aromatic heterocycles. The molecular formula is C10H10Cl3NO4S2. The van der Waals surface area contributed by atoms with Gasteiger partial charge in [-0.2, -0.15) is 0 Å². The van der Waals surface area contributed by atoms with E-state index in [1.165, 1.54) is 12.3 Å². The van der Waals surface area contributed by atoms with Crippen molar-refractivity contribution in [3.05, 3.63) is 27.7 Å². The number of amides is 1. The van der Waals surface area contributed by atoms with Crippen molar-refractivity contribution < 1.29 is 17.4 Å². The first-order chi connectivity index (χ1) is 9.12. The Balaban J connectivity index is 3.10. The topological polar surface area (TPSA) is 80.3 Å². The van der Waals surface area contributed by atoms with Crippen LogP contribution in [0.5, 0.6) is 0 Å². The number of benzene rings is 1. The van der Waals surface area contributed by atoms with Crippen molar-refractivity contribution >= 4 is 59.6 Å². The van der Waals surface area contributed by atoms with Crippen LogP contribution in [0.25, 0.3) is 0 Å². The van der Waals surface area contributed by atoms with Gasteiger partial charge < -0.3 is 5.32 Å². The summed E-state index contributed by atoms with van der Waals surface area (Å²) < 4.78 is 33.6. The van der Waals surface area contributed by atoms with Gasteiger partial charge in [-0.1, -0.05) is 23.2 Å². The van der Waals surface area contributed by atoms with E-state index in [0.29, 0.717) is 0 Å². The molecule has 0 aliphatic rings. The number of halogens is 3. The van der Waals surface area contributed by atoms with E-state index in [1.807, 2.05) is 0 Å². The molecule has 1 aromatic carbocycles. The maximum Gasteiger partial charge on any atom is 0.262 e. The Morgan fingerprint density at radius 2 is 1.95 bits per heavy atom. The SMILES string of the molecule is CS(=O)CCNC(=O)c1cc(Cl)cc(S(=O)(=O)Cl)c1Cl. The van der Waals surface area contributed by atoms with E-state index in [-0.39, 0.29) is 27.9 Å². The van der Waals surface area contributed by atoms with Gasteiger partial charge in [0, 0.05) is 45.1 Å². The zero-order valence-electron chi connectivity index (χ0n) is 10.2. The summed E-state index contributed by atoms with van der Waals surface area (Å²) in [5.41, 5.74) is -0.111. The summed E-state index contributed by atoms with van der Waals surface area (Å²) >= 11 is 11.6. The quantitative estimate of drug-likeness (QED) is 0.795. The highest BCUT2D eigenvalue weighted by atomic mass is 35.7. The second-order valence-corrected chi connectivity index (χ2v) is 8.64. The van der Waals surface area contributed by atoms with Gasteiger partial charge in [0.2, 0.25) is 0 Å². The van der Waals surface area contributed by atoms with Crippen molar-refractivity contribution in [2.24, 2.45) is 0 Å². The first-order valence-electron chi connectivity index (χ1n) is 5.15. The van der Waals surface area contributed by atoms with Gasteiger partial charge in [0.1, 0.15) is 4.90 Å². The van der Waals surface area contributed by atoms with Crippen LogP contribution in [0.1, 0.15) is 10.4 Å². The van der Waals surface area contributed by atoms with Gasteiger partial charge in [-0.05, 0) is 12.1 Å². The molecule has 1 atom stereocenters. The average molecular weight is 379 g/mol. The Labute approximate surface area is 133 Å². The Hall–Kier alpha value is -0.340. The van der Waals surface area contributed by atoms with E-state index in [9.17, 15) is 17.4 Å². The summed E-state index contributed by atoms with van der Waals surface area (Å²) in [4.78, 5) is 11.5. The van der Waals surface area contributed by atoms with Gasteiger partial charge in [-0.25, -0.2) is 8.42 Å². The molecule has 0 aliphatic heterocycles. The van der Waals surface area contributed by atoms with Gasteiger partial charge in [0.25, 0.3) is 15.0 Å². The number of nitrogens with one attached hydrogen (secondary N) is 1. The molecule has 10 heteroatoms. The smallest absolute Gasteiger partial charge is 0.262 e. The van der Waals surface area contributed by atoms with Gasteiger partial charge in [-0.15, -0.1) is 0 Å². The third-order valence-electron chi connectivity index (χ3n) is 2.19. The molecule has 1 aromatic rings. The van der Waals surface area contributed by atoms with Crippen LogP contribution in [0.15, 0.2) is 17.0 Å². The fraction of sp³-hybridized carbons (Fsp3) is 0.300. The van der Waals surface area contributed by atoms with Crippen LogP contribution < -0.4 is 5.32 Å².